The molecule has 2 aromatic carbocycles. The van der Waals surface area contributed by atoms with E-state index in [0.717, 1.165) is 0 Å². The lowest BCUT2D eigenvalue weighted by Gasteiger charge is -2.07. The Morgan fingerprint density at radius 2 is 1.74 bits per heavy atom. The van der Waals surface area contributed by atoms with Crippen LogP contribution in [0.1, 0.15) is 5.56 Å². The zero-order valence-corrected chi connectivity index (χ0v) is 15.6. The molecule has 2 aromatic heterocycles. The second kappa shape index (κ2) is 8.34. The summed E-state index contributed by atoms with van der Waals surface area (Å²) in [5, 5.41) is 6.15. The molecule has 1 N–H and O–H groups in total. The summed E-state index contributed by atoms with van der Waals surface area (Å²) < 4.78 is 60.4. The lowest BCUT2D eigenvalue weighted by Crippen LogP contribution is -2.15. The van der Waals surface area contributed by atoms with E-state index in [-0.39, 0.29) is 34.8 Å². The molecule has 0 aliphatic rings. The number of carbonyl (C=O) groups is 1. The van der Waals surface area contributed by atoms with Crippen molar-refractivity contribution in [3.05, 3.63) is 83.8 Å². The van der Waals surface area contributed by atoms with E-state index in [0.29, 0.717) is 12.1 Å². The van der Waals surface area contributed by atoms with Gasteiger partial charge in [0.05, 0.1) is 17.7 Å². The van der Waals surface area contributed by atoms with Crippen LogP contribution in [0, 0.1) is 23.3 Å². The van der Waals surface area contributed by atoms with Crippen molar-refractivity contribution in [3.63, 3.8) is 0 Å². The maximum Gasteiger partial charge on any atom is 0.241 e. The third-order valence-electron chi connectivity index (χ3n) is 4.36. The van der Waals surface area contributed by atoms with Crippen LogP contribution in [0.15, 0.2) is 59.5 Å². The van der Waals surface area contributed by atoms with Gasteiger partial charge in [-0.1, -0.05) is 23.4 Å². The number of nitrogens with zero attached hydrogens (tertiary/aromatic N) is 3. The van der Waals surface area contributed by atoms with Gasteiger partial charge in [-0.3, -0.25) is 10.1 Å². The van der Waals surface area contributed by atoms with Gasteiger partial charge in [-0.2, -0.15) is 0 Å². The largest absolute Gasteiger partial charge is 0.337 e. The summed E-state index contributed by atoms with van der Waals surface area (Å²) in [4.78, 5) is 20.3. The van der Waals surface area contributed by atoms with Crippen molar-refractivity contribution in [2.24, 2.45) is 0 Å². The summed E-state index contributed by atoms with van der Waals surface area (Å²) in [6, 6.07) is 8.16. The van der Waals surface area contributed by atoms with Gasteiger partial charge in [0.25, 0.3) is 0 Å². The van der Waals surface area contributed by atoms with E-state index in [2.05, 4.69) is 20.4 Å². The average Bonchev–Trinajstić information content (AvgIpc) is 3.16. The summed E-state index contributed by atoms with van der Waals surface area (Å²) in [6.45, 7) is 0. The molecule has 0 radical (unpaired) electrons. The molecule has 0 aliphatic heterocycles. The van der Waals surface area contributed by atoms with Crippen LogP contribution >= 0.6 is 0 Å². The molecule has 4 rings (SSSR count). The summed E-state index contributed by atoms with van der Waals surface area (Å²) in [6.07, 6.45) is 2.26. The minimum Gasteiger partial charge on any atom is -0.337 e. The van der Waals surface area contributed by atoms with Crippen molar-refractivity contribution < 1.29 is 26.9 Å². The van der Waals surface area contributed by atoms with Gasteiger partial charge < -0.3 is 4.52 Å². The number of aromatic nitrogens is 3. The van der Waals surface area contributed by atoms with Crippen LogP contribution in [0.5, 0.6) is 0 Å². The van der Waals surface area contributed by atoms with Gasteiger partial charge in [-0.15, -0.1) is 0 Å². The molecule has 0 atom stereocenters. The summed E-state index contributed by atoms with van der Waals surface area (Å²) in [5.41, 5.74) is -0.261. The molecule has 0 spiro atoms. The monoisotopic (exact) mass is 428 g/mol. The first-order chi connectivity index (χ1) is 14.9. The number of hydrogen-bond donors (Lipinski definition) is 1. The summed E-state index contributed by atoms with van der Waals surface area (Å²) in [7, 11) is 0. The van der Waals surface area contributed by atoms with Crippen molar-refractivity contribution >= 4 is 11.8 Å². The van der Waals surface area contributed by atoms with Crippen LogP contribution in [0.3, 0.4) is 0 Å². The van der Waals surface area contributed by atoms with Crippen molar-refractivity contribution in [1.82, 2.24) is 15.1 Å². The first kappa shape index (κ1) is 20.2. The molecule has 0 unspecified atom stereocenters. The van der Waals surface area contributed by atoms with E-state index >= 15 is 0 Å². The molecule has 10 heteroatoms. The second-order valence-electron chi connectivity index (χ2n) is 6.39. The first-order valence-corrected chi connectivity index (χ1v) is 8.88. The van der Waals surface area contributed by atoms with E-state index in [9.17, 15) is 22.4 Å². The molecule has 0 saturated heterocycles. The van der Waals surface area contributed by atoms with Crippen molar-refractivity contribution in [1.29, 1.82) is 0 Å². The molecule has 4 aromatic rings. The Balaban J connectivity index is 1.75. The van der Waals surface area contributed by atoms with Gasteiger partial charge in [-0.25, -0.2) is 27.5 Å². The first-order valence-electron chi connectivity index (χ1n) is 8.88. The molecular formula is C21H12F4N4O2. The Labute approximate surface area is 172 Å². The topological polar surface area (TPSA) is 80.9 Å². The van der Waals surface area contributed by atoms with Gasteiger partial charge >= 0.3 is 0 Å². The number of anilines is 1. The van der Waals surface area contributed by atoms with Crippen molar-refractivity contribution in [2.45, 2.75) is 6.42 Å². The van der Waals surface area contributed by atoms with Gasteiger partial charge in [0.2, 0.25) is 11.8 Å². The fraction of sp³-hybridized carbons (Fsp3) is 0.0476. The summed E-state index contributed by atoms with van der Waals surface area (Å²) >= 11 is 0. The maximum atomic E-state index is 14.4. The molecule has 0 saturated carbocycles. The Kier molecular flexibility index (Phi) is 5.44. The third kappa shape index (κ3) is 4.13. The Morgan fingerprint density at radius 1 is 0.968 bits per heavy atom. The van der Waals surface area contributed by atoms with Gasteiger partial charge in [0.1, 0.15) is 23.7 Å². The molecule has 156 valence electrons. The standard InChI is InChI=1S/C21H12F4N4O2/c22-13-4-2-1-3-11(13)7-18(30)28-21-19(17-5-6-26-10-27-17)20(29-31-21)12-8-15(24)16(25)9-14(12)23/h1-6,8-10H,7H2,(H,28,30). The molecule has 31 heavy (non-hydrogen) atoms. The van der Waals surface area contributed by atoms with E-state index in [4.69, 9.17) is 4.52 Å². The maximum absolute atomic E-state index is 14.4. The van der Waals surface area contributed by atoms with Gasteiger partial charge in [-0.05, 0) is 23.8 Å². The van der Waals surface area contributed by atoms with Crippen LogP contribution < -0.4 is 5.32 Å². The van der Waals surface area contributed by atoms with Crippen molar-refractivity contribution in [3.8, 4) is 22.5 Å². The number of rotatable bonds is 5. The van der Waals surface area contributed by atoms with Crippen LogP contribution in [0.25, 0.3) is 22.5 Å². The Hall–Kier alpha value is -4.08. The molecule has 2 heterocycles. The highest BCUT2D eigenvalue weighted by atomic mass is 19.2. The smallest absolute Gasteiger partial charge is 0.241 e. The molecule has 0 bridgehead atoms. The number of nitrogens with one attached hydrogen (secondary N) is 1. The minimum absolute atomic E-state index is 0.0224. The molecule has 0 aliphatic carbocycles. The fourth-order valence-electron chi connectivity index (χ4n) is 2.93. The quantitative estimate of drug-likeness (QED) is 0.373. The number of carbonyl (C=O) groups excluding carboxylic acids is 1. The van der Waals surface area contributed by atoms with Crippen LogP contribution in [-0.4, -0.2) is 21.0 Å². The highest BCUT2D eigenvalue weighted by molar-refractivity contribution is 5.97. The highest BCUT2D eigenvalue weighted by Gasteiger charge is 2.25. The van der Waals surface area contributed by atoms with Crippen LogP contribution in [-0.2, 0) is 11.2 Å². The number of amides is 1. The van der Waals surface area contributed by atoms with Crippen LogP contribution in [0.2, 0.25) is 0 Å². The average molecular weight is 428 g/mol. The zero-order chi connectivity index (χ0) is 22.0. The lowest BCUT2D eigenvalue weighted by molar-refractivity contribution is -0.115. The molecule has 0 fully saturated rings. The molecular weight excluding hydrogens is 416 g/mol. The SMILES string of the molecule is O=C(Cc1ccccc1F)Nc1onc(-c2cc(F)c(F)cc2F)c1-c1ccncn1. The molecule has 6 nitrogen and oxygen atoms in total. The Bertz CT molecular complexity index is 1260. The molecule has 1 amide bonds. The number of benzene rings is 2. The fourth-order valence-corrected chi connectivity index (χ4v) is 2.93. The highest BCUT2D eigenvalue weighted by Crippen LogP contribution is 2.38. The van der Waals surface area contributed by atoms with Crippen LogP contribution in [0.4, 0.5) is 23.4 Å². The van der Waals surface area contributed by atoms with E-state index in [1.807, 2.05) is 0 Å². The lowest BCUT2D eigenvalue weighted by atomic mass is 10.0. The van der Waals surface area contributed by atoms with E-state index in [1.54, 1.807) is 6.07 Å². The predicted octanol–water partition coefficient (Wildman–Crippen LogP) is 4.54. The van der Waals surface area contributed by atoms with E-state index in [1.165, 1.54) is 36.8 Å². The third-order valence-corrected chi connectivity index (χ3v) is 4.36. The number of hydrogen-bond acceptors (Lipinski definition) is 5. The Morgan fingerprint density at radius 3 is 2.48 bits per heavy atom. The van der Waals surface area contributed by atoms with Gasteiger partial charge in [0, 0.05) is 17.8 Å². The second-order valence-corrected chi connectivity index (χ2v) is 6.39. The predicted molar refractivity (Wildman–Crippen MR) is 102 cm³/mol. The number of halogens is 4. The summed E-state index contributed by atoms with van der Waals surface area (Å²) in [5.74, 6) is -5.18. The van der Waals surface area contributed by atoms with E-state index < -0.39 is 34.7 Å². The normalized spacial score (nSPS) is 10.8. The zero-order valence-electron chi connectivity index (χ0n) is 15.6. The minimum atomic E-state index is -1.37. The van der Waals surface area contributed by atoms with Gasteiger partial charge in [0.15, 0.2) is 11.6 Å². The van der Waals surface area contributed by atoms with Crippen molar-refractivity contribution in [2.75, 3.05) is 5.32 Å².